The second-order valence-electron chi connectivity index (χ2n) is 6.31. The molecule has 1 heterocycles. The van der Waals surface area contributed by atoms with Gasteiger partial charge in [-0.15, -0.1) is 0 Å². The lowest BCUT2D eigenvalue weighted by Crippen LogP contribution is -2.58. The van der Waals surface area contributed by atoms with Crippen LogP contribution in [0.1, 0.15) is 29.8 Å². The Labute approximate surface area is 125 Å². The van der Waals surface area contributed by atoms with Gasteiger partial charge in [0.25, 0.3) is 5.91 Å². The zero-order chi connectivity index (χ0) is 15.6. The number of carbonyl (C=O) groups is 1. The first-order valence-corrected chi connectivity index (χ1v) is 7.35. The van der Waals surface area contributed by atoms with Crippen molar-refractivity contribution in [1.29, 1.82) is 0 Å². The fourth-order valence-corrected chi connectivity index (χ4v) is 2.69. The molecule has 1 amide bonds. The van der Waals surface area contributed by atoms with E-state index in [1.165, 1.54) is 12.1 Å². The van der Waals surface area contributed by atoms with Gasteiger partial charge in [-0.3, -0.25) is 9.69 Å². The lowest BCUT2D eigenvalue weighted by molar-refractivity contribution is 0.0426. The summed E-state index contributed by atoms with van der Waals surface area (Å²) in [6.07, 6.45) is 0. The first-order valence-electron chi connectivity index (χ1n) is 7.35. The van der Waals surface area contributed by atoms with Gasteiger partial charge in [-0.1, -0.05) is 0 Å². The Hall–Kier alpha value is -1.46. The van der Waals surface area contributed by atoms with E-state index in [1.54, 1.807) is 17.9 Å². The Bertz CT molecular complexity index is 502. The topological polar surface area (TPSA) is 49.6 Å². The van der Waals surface area contributed by atoms with Crippen LogP contribution in [0.2, 0.25) is 0 Å². The highest BCUT2D eigenvalue weighted by molar-refractivity contribution is 5.94. The molecule has 5 heteroatoms. The van der Waals surface area contributed by atoms with Gasteiger partial charge >= 0.3 is 0 Å². The summed E-state index contributed by atoms with van der Waals surface area (Å²) < 4.78 is 13.4. The Morgan fingerprint density at radius 2 is 1.86 bits per heavy atom. The van der Waals surface area contributed by atoms with E-state index in [-0.39, 0.29) is 17.3 Å². The Morgan fingerprint density at radius 3 is 2.38 bits per heavy atom. The molecular weight excluding hydrogens is 269 g/mol. The highest BCUT2D eigenvalue weighted by atomic mass is 19.1. The summed E-state index contributed by atoms with van der Waals surface area (Å²) in [6, 6.07) is 4.48. The predicted octanol–water partition coefficient (Wildman–Crippen LogP) is 1.63. The molecule has 0 radical (unpaired) electrons. The van der Waals surface area contributed by atoms with E-state index in [0.29, 0.717) is 25.2 Å². The third-order valence-electron chi connectivity index (χ3n) is 4.21. The van der Waals surface area contributed by atoms with Crippen LogP contribution in [0.5, 0.6) is 0 Å². The zero-order valence-electron chi connectivity index (χ0n) is 13.0. The summed E-state index contributed by atoms with van der Waals surface area (Å²) in [4.78, 5) is 16.5. The van der Waals surface area contributed by atoms with Crippen LogP contribution < -0.4 is 5.73 Å². The Morgan fingerprint density at radius 1 is 1.24 bits per heavy atom. The maximum Gasteiger partial charge on any atom is 0.254 e. The van der Waals surface area contributed by atoms with Crippen LogP contribution in [-0.2, 0) is 0 Å². The molecule has 1 saturated heterocycles. The van der Waals surface area contributed by atoms with Gasteiger partial charge in [-0.05, 0) is 44.5 Å². The average Bonchev–Trinajstić information content (AvgIpc) is 2.45. The van der Waals surface area contributed by atoms with Crippen LogP contribution in [0, 0.1) is 12.7 Å². The number of hydrogen-bond acceptors (Lipinski definition) is 3. The molecule has 0 spiro atoms. The quantitative estimate of drug-likeness (QED) is 0.921. The van der Waals surface area contributed by atoms with E-state index in [9.17, 15) is 9.18 Å². The minimum atomic E-state index is -0.360. The van der Waals surface area contributed by atoms with E-state index >= 15 is 0 Å². The number of nitrogens with zero attached hydrogens (tertiary/aromatic N) is 2. The predicted molar refractivity (Wildman–Crippen MR) is 81.7 cm³/mol. The van der Waals surface area contributed by atoms with E-state index in [0.717, 1.165) is 18.7 Å². The smallest absolute Gasteiger partial charge is 0.254 e. The summed E-state index contributed by atoms with van der Waals surface area (Å²) in [5.74, 6) is -0.455. The van der Waals surface area contributed by atoms with Crippen molar-refractivity contribution in [2.24, 2.45) is 5.73 Å². The molecule has 116 valence electrons. The second-order valence-corrected chi connectivity index (χ2v) is 6.31. The third-order valence-corrected chi connectivity index (χ3v) is 4.21. The largest absolute Gasteiger partial charge is 0.336 e. The highest BCUT2D eigenvalue weighted by Gasteiger charge is 2.30. The van der Waals surface area contributed by atoms with Crippen LogP contribution in [0.4, 0.5) is 4.39 Å². The van der Waals surface area contributed by atoms with Gasteiger partial charge in [0.15, 0.2) is 0 Å². The molecule has 1 aliphatic heterocycles. The lowest BCUT2D eigenvalue weighted by Gasteiger charge is -2.43. The van der Waals surface area contributed by atoms with Crippen LogP contribution in [0.15, 0.2) is 18.2 Å². The van der Waals surface area contributed by atoms with Crippen molar-refractivity contribution in [2.45, 2.75) is 26.3 Å². The number of hydrogen-bond donors (Lipinski definition) is 1. The molecule has 0 atom stereocenters. The number of piperazine rings is 1. The first-order chi connectivity index (χ1) is 9.83. The van der Waals surface area contributed by atoms with Crippen molar-refractivity contribution in [3.05, 3.63) is 35.1 Å². The Kier molecular flexibility index (Phi) is 4.64. The van der Waals surface area contributed by atoms with Gasteiger partial charge in [-0.2, -0.15) is 0 Å². The zero-order valence-corrected chi connectivity index (χ0v) is 13.0. The summed E-state index contributed by atoms with van der Waals surface area (Å²) >= 11 is 0. The molecule has 1 aromatic rings. The number of carbonyl (C=O) groups excluding carboxylic acids is 1. The van der Waals surface area contributed by atoms with E-state index in [2.05, 4.69) is 18.7 Å². The van der Waals surface area contributed by atoms with Gasteiger partial charge < -0.3 is 10.6 Å². The maximum atomic E-state index is 13.4. The number of aryl methyl sites for hydroxylation is 1. The lowest BCUT2D eigenvalue weighted by atomic mass is 10.0. The van der Waals surface area contributed by atoms with Crippen molar-refractivity contribution in [3.63, 3.8) is 0 Å². The average molecular weight is 293 g/mol. The monoisotopic (exact) mass is 293 g/mol. The molecule has 1 fully saturated rings. The molecular formula is C16H24FN3O. The third kappa shape index (κ3) is 3.60. The van der Waals surface area contributed by atoms with Gasteiger partial charge in [0, 0.05) is 43.8 Å². The van der Waals surface area contributed by atoms with Crippen molar-refractivity contribution in [3.8, 4) is 0 Å². The fraction of sp³-hybridized carbons (Fsp3) is 0.562. The molecule has 0 unspecified atom stereocenters. The van der Waals surface area contributed by atoms with Crippen LogP contribution >= 0.6 is 0 Å². The number of amides is 1. The van der Waals surface area contributed by atoms with Gasteiger partial charge in [0.1, 0.15) is 5.82 Å². The van der Waals surface area contributed by atoms with Crippen molar-refractivity contribution >= 4 is 5.91 Å². The number of nitrogens with two attached hydrogens (primary N) is 1. The fourth-order valence-electron chi connectivity index (χ4n) is 2.69. The second kappa shape index (κ2) is 6.12. The van der Waals surface area contributed by atoms with Gasteiger partial charge in [-0.25, -0.2) is 4.39 Å². The highest BCUT2D eigenvalue weighted by Crippen LogP contribution is 2.18. The Balaban J connectivity index is 2.03. The van der Waals surface area contributed by atoms with Gasteiger partial charge in [0.2, 0.25) is 0 Å². The minimum Gasteiger partial charge on any atom is -0.336 e. The number of halogens is 1. The molecule has 0 bridgehead atoms. The summed E-state index contributed by atoms with van der Waals surface area (Å²) in [7, 11) is 0. The SMILES string of the molecule is Cc1cc(F)cc(C(=O)N2CCN(C(C)(C)CN)CC2)c1. The van der Waals surface area contributed by atoms with Crippen molar-refractivity contribution in [2.75, 3.05) is 32.7 Å². The number of rotatable bonds is 3. The first kappa shape index (κ1) is 15.9. The van der Waals surface area contributed by atoms with E-state index < -0.39 is 0 Å². The standard InChI is InChI=1S/C16H24FN3O/c1-12-8-13(10-14(17)9-12)15(21)19-4-6-20(7-5-19)16(2,3)11-18/h8-10H,4-7,11,18H2,1-3H3. The normalized spacial score (nSPS) is 17.1. The summed E-state index contributed by atoms with van der Waals surface area (Å²) in [6.45, 7) is 9.50. The van der Waals surface area contributed by atoms with E-state index in [4.69, 9.17) is 5.73 Å². The molecule has 1 aliphatic rings. The van der Waals surface area contributed by atoms with Gasteiger partial charge in [0.05, 0.1) is 0 Å². The van der Waals surface area contributed by atoms with Crippen LogP contribution in [-0.4, -0.2) is 54.0 Å². The molecule has 2 rings (SSSR count). The molecule has 21 heavy (non-hydrogen) atoms. The van der Waals surface area contributed by atoms with Crippen molar-refractivity contribution < 1.29 is 9.18 Å². The molecule has 2 N–H and O–H groups in total. The maximum absolute atomic E-state index is 13.4. The molecule has 1 aromatic carbocycles. The molecule has 0 aliphatic carbocycles. The van der Waals surface area contributed by atoms with Crippen LogP contribution in [0.25, 0.3) is 0 Å². The van der Waals surface area contributed by atoms with Crippen LogP contribution in [0.3, 0.4) is 0 Å². The summed E-state index contributed by atoms with van der Waals surface area (Å²) in [5, 5.41) is 0. The number of benzene rings is 1. The summed E-state index contributed by atoms with van der Waals surface area (Å²) in [5.41, 5.74) is 6.94. The van der Waals surface area contributed by atoms with Crippen molar-refractivity contribution in [1.82, 2.24) is 9.80 Å². The minimum absolute atomic E-state index is 0.0510. The van der Waals surface area contributed by atoms with E-state index in [1.807, 2.05) is 0 Å². The molecule has 0 aromatic heterocycles. The molecule has 0 saturated carbocycles. The molecule has 4 nitrogen and oxygen atoms in total.